The van der Waals surface area contributed by atoms with E-state index in [1.807, 2.05) is 31.2 Å². The van der Waals surface area contributed by atoms with Crippen molar-refractivity contribution in [2.75, 3.05) is 5.32 Å². The first-order chi connectivity index (χ1) is 9.56. The van der Waals surface area contributed by atoms with Gasteiger partial charge in [0, 0.05) is 19.8 Å². The minimum absolute atomic E-state index is 0.238. The molecule has 104 valence electrons. The number of aryl methyl sites for hydroxylation is 2. The number of carbonyl (C=O) groups is 1. The van der Waals surface area contributed by atoms with Crippen LogP contribution in [-0.2, 0) is 13.6 Å². The Kier molecular flexibility index (Phi) is 4.20. The quantitative estimate of drug-likeness (QED) is 0.897. The van der Waals surface area contributed by atoms with E-state index < -0.39 is 6.03 Å². The second-order valence-corrected chi connectivity index (χ2v) is 4.63. The summed E-state index contributed by atoms with van der Waals surface area (Å²) in [5.41, 5.74) is 2.20. The van der Waals surface area contributed by atoms with Crippen LogP contribution in [0.2, 0.25) is 0 Å². The molecule has 2 aromatic rings. The summed E-state index contributed by atoms with van der Waals surface area (Å²) in [6.07, 6.45) is 1.64. The first-order valence-corrected chi connectivity index (χ1v) is 6.32. The molecule has 0 saturated carbocycles. The third-order valence-corrected chi connectivity index (χ3v) is 2.95. The molecular weight excluding hydrogens is 254 g/mol. The van der Waals surface area contributed by atoms with E-state index >= 15 is 0 Å². The number of rotatable bonds is 3. The fraction of sp³-hybridized carbons (Fsp3) is 0.200. The smallest absolute Gasteiger partial charge is 0.319 e. The average molecular weight is 271 g/mol. The Bertz CT molecular complexity index is 660. The van der Waals surface area contributed by atoms with Crippen molar-refractivity contribution >= 4 is 11.7 Å². The van der Waals surface area contributed by atoms with Crippen molar-refractivity contribution in [1.82, 2.24) is 9.88 Å². The van der Waals surface area contributed by atoms with Crippen LogP contribution in [-0.4, -0.2) is 10.6 Å². The van der Waals surface area contributed by atoms with Gasteiger partial charge in [-0.2, -0.15) is 0 Å². The Balaban J connectivity index is 1.94. The topological polar surface area (TPSA) is 63.1 Å². The van der Waals surface area contributed by atoms with Crippen LogP contribution < -0.4 is 16.2 Å². The van der Waals surface area contributed by atoms with Gasteiger partial charge < -0.3 is 15.2 Å². The van der Waals surface area contributed by atoms with Crippen molar-refractivity contribution < 1.29 is 4.79 Å². The maximum absolute atomic E-state index is 11.7. The van der Waals surface area contributed by atoms with Crippen LogP contribution in [0.25, 0.3) is 0 Å². The van der Waals surface area contributed by atoms with Gasteiger partial charge in [0.2, 0.25) is 0 Å². The number of aromatic nitrogens is 1. The molecule has 2 amide bonds. The van der Waals surface area contributed by atoms with Crippen molar-refractivity contribution in [2.45, 2.75) is 13.5 Å². The van der Waals surface area contributed by atoms with Gasteiger partial charge in [-0.05, 0) is 24.6 Å². The van der Waals surface area contributed by atoms with Crippen LogP contribution in [0, 0.1) is 6.92 Å². The summed E-state index contributed by atoms with van der Waals surface area (Å²) in [5, 5.41) is 5.26. The van der Waals surface area contributed by atoms with Crippen molar-refractivity contribution in [3.63, 3.8) is 0 Å². The summed E-state index contributed by atoms with van der Waals surface area (Å²) in [7, 11) is 1.64. The van der Waals surface area contributed by atoms with E-state index in [4.69, 9.17) is 0 Å². The molecule has 1 aromatic carbocycles. The largest absolute Gasteiger partial charge is 0.334 e. The first kappa shape index (κ1) is 13.9. The third-order valence-electron chi connectivity index (χ3n) is 2.95. The van der Waals surface area contributed by atoms with Gasteiger partial charge in [-0.15, -0.1) is 0 Å². The second-order valence-electron chi connectivity index (χ2n) is 4.63. The predicted molar refractivity (Wildman–Crippen MR) is 78.7 cm³/mol. The van der Waals surface area contributed by atoms with Crippen molar-refractivity contribution in [3.8, 4) is 0 Å². The predicted octanol–water partition coefficient (Wildman–Crippen LogP) is 2.02. The average Bonchev–Trinajstić information content (AvgIpc) is 2.43. The molecule has 2 rings (SSSR count). The summed E-state index contributed by atoms with van der Waals surface area (Å²) in [5.74, 6) is 0. The van der Waals surface area contributed by atoms with E-state index in [0.717, 1.165) is 5.56 Å². The SMILES string of the molecule is Cc1ccc(CNC(=O)Nc2cccn(C)c2=O)cc1. The van der Waals surface area contributed by atoms with Crippen LogP contribution in [0.3, 0.4) is 0 Å². The second kappa shape index (κ2) is 6.06. The molecule has 1 aromatic heterocycles. The Labute approximate surface area is 117 Å². The minimum atomic E-state index is -0.395. The standard InChI is InChI=1S/C15H17N3O2/c1-11-5-7-12(8-6-11)10-16-15(20)17-13-4-3-9-18(2)14(13)19/h3-9H,10H2,1-2H3,(H2,16,17,20). The molecule has 0 aliphatic rings. The van der Waals surface area contributed by atoms with Gasteiger partial charge in [-0.3, -0.25) is 4.79 Å². The van der Waals surface area contributed by atoms with Crippen LogP contribution in [0.5, 0.6) is 0 Å². The van der Waals surface area contributed by atoms with Gasteiger partial charge >= 0.3 is 6.03 Å². The van der Waals surface area contributed by atoms with Crippen LogP contribution in [0.4, 0.5) is 10.5 Å². The third kappa shape index (κ3) is 3.47. The minimum Gasteiger partial charge on any atom is -0.334 e. The molecule has 20 heavy (non-hydrogen) atoms. The molecule has 2 N–H and O–H groups in total. The highest BCUT2D eigenvalue weighted by Gasteiger charge is 2.05. The lowest BCUT2D eigenvalue weighted by atomic mass is 10.1. The zero-order valence-corrected chi connectivity index (χ0v) is 11.5. The summed E-state index contributed by atoms with van der Waals surface area (Å²) < 4.78 is 1.41. The molecule has 0 unspecified atom stereocenters. The molecule has 1 heterocycles. The van der Waals surface area contributed by atoms with Gasteiger partial charge in [-0.25, -0.2) is 4.79 Å². The van der Waals surface area contributed by atoms with E-state index in [1.54, 1.807) is 25.4 Å². The van der Waals surface area contributed by atoms with Gasteiger partial charge in [0.05, 0.1) is 0 Å². The van der Waals surface area contributed by atoms with Crippen LogP contribution in [0.1, 0.15) is 11.1 Å². The van der Waals surface area contributed by atoms with E-state index in [0.29, 0.717) is 6.54 Å². The van der Waals surface area contributed by atoms with E-state index in [-0.39, 0.29) is 11.2 Å². The van der Waals surface area contributed by atoms with Crippen molar-refractivity contribution in [3.05, 3.63) is 64.1 Å². The first-order valence-electron chi connectivity index (χ1n) is 6.32. The number of hydrogen-bond acceptors (Lipinski definition) is 2. The number of pyridine rings is 1. The molecule has 0 fully saturated rings. The Morgan fingerprint density at radius 1 is 1.20 bits per heavy atom. The zero-order chi connectivity index (χ0) is 14.5. The lowest BCUT2D eigenvalue weighted by Crippen LogP contribution is -2.31. The zero-order valence-electron chi connectivity index (χ0n) is 11.5. The highest BCUT2D eigenvalue weighted by molar-refractivity contribution is 5.88. The van der Waals surface area contributed by atoms with Crippen LogP contribution >= 0.6 is 0 Å². The highest BCUT2D eigenvalue weighted by Crippen LogP contribution is 2.03. The molecule has 0 spiro atoms. The van der Waals surface area contributed by atoms with Gasteiger partial charge in [0.15, 0.2) is 0 Å². The monoisotopic (exact) mass is 271 g/mol. The molecule has 0 bridgehead atoms. The molecular formula is C15H17N3O2. The number of amides is 2. The highest BCUT2D eigenvalue weighted by atomic mass is 16.2. The number of urea groups is 1. The molecule has 5 nitrogen and oxygen atoms in total. The summed E-state index contributed by atoms with van der Waals surface area (Å²) >= 11 is 0. The fourth-order valence-electron chi connectivity index (χ4n) is 1.75. The van der Waals surface area contributed by atoms with Crippen LogP contribution in [0.15, 0.2) is 47.4 Å². The number of nitrogens with one attached hydrogen (secondary N) is 2. The summed E-state index contributed by atoms with van der Waals surface area (Å²) in [6, 6.07) is 10.8. The van der Waals surface area contributed by atoms with E-state index in [1.165, 1.54) is 10.1 Å². The molecule has 0 saturated heterocycles. The number of benzene rings is 1. The Morgan fingerprint density at radius 2 is 1.90 bits per heavy atom. The molecule has 0 atom stereocenters. The number of nitrogens with zero attached hydrogens (tertiary/aromatic N) is 1. The number of carbonyl (C=O) groups excluding carboxylic acids is 1. The van der Waals surface area contributed by atoms with Crippen molar-refractivity contribution in [2.24, 2.45) is 7.05 Å². The molecule has 0 radical (unpaired) electrons. The maximum Gasteiger partial charge on any atom is 0.319 e. The van der Waals surface area contributed by atoms with Crippen molar-refractivity contribution in [1.29, 1.82) is 0 Å². The number of hydrogen-bond donors (Lipinski definition) is 2. The Hall–Kier alpha value is -2.56. The summed E-state index contributed by atoms with van der Waals surface area (Å²) in [6.45, 7) is 2.42. The maximum atomic E-state index is 11.7. The summed E-state index contributed by atoms with van der Waals surface area (Å²) in [4.78, 5) is 23.5. The molecule has 5 heteroatoms. The lowest BCUT2D eigenvalue weighted by Gasteiger charge is -2.08. The van der Waals surface area contributed by atoms with Gasteiger partial charge in [-0.1, -0.05) is 29.8 Å². The van der Waals surface area contributed by atoms with Gasteiger partial charge in [0.25, 0.3) is 5.56 Å². The normalized spacial score (nSPS) is 10.1. The van der Waals surface area contributed by atoms with E-state index in [2.05, 4.69) is 10.6 Å². The lowest BCUT2D eigenvalue weighted by molar-refractivity contribution is 0.251. The van der Waals surface area contributed by atoms with E-state index in [9.17, 15) is 9.59 Å². The molecule has 0 aliphatic heterocycles. The molecule has 0 aliphatic carbocycles. The Morgan fingerprint density at radius 3 is 2.60 bits per heavy atom. The fourth-order valence-corrected chi connectivity index (χ4v) is 1.75. The van der Waals surface area contributed by atoms with Gasteiger partial charge in [0.1, 0.15) is 5.69 Å². The number of anilines is 1.